The van der Waals surface area contributed by atoms with Crippen molar-refractivity contribution in [2.75, 3.05) is 13.6 Å². The van der Waals surface area contributed by atoms with Crippen LogP contribution in [-0.2, 0) is 11.8 Å². The number of nitrogens with one attached hydrogen (secondary N) is 2. The van der Waals surface area contributed by atoms with Gasteiger partial charge in [0.1, 0.15) is 6.04 Å². The molecule has 120 valence electrons. The van der Waals surface area contributed by atoms with Crippen LogP contribution in [0.5, 0.6) is 0 Å². The van der Waals surface area contributed by atoms with E-state index >= 15 is 0 Å². The number of aryl methyl sites for hydroxylation is 1. The predicted molar refractivity (Wildman–Crippen MR) is 86.7 cm³/mol. The molecule has 3 N–H and O–H groups in total. The minimum Gasteiger partial charge on any atom is -0.387 e. The van der Waals surface area contributed by atoms with Crippen molar-refractivity contribution < 1.29 is 9.90 Å². The van der Waals surface area contributed by atoms with Gasteiger partial charge in [-0.2, -0.15) is 5.10 Å². The van der Waals surface area contributed by atoms with E-state index < -0.39 is 12.1 Å². The van der Waals surface area contributed by atoms with E-state index in [2.05, 4.69) is 15.7 Å². The SMILES string of the molecule is CNC(C(=O)NCC(O)c1ccccc1)c1cnn(C)c1.Cl. The minimum absolute atomic E-state index is 0. The maximum Gasteiger partial charge on any atom is 0.241 e. The summed E-state index contributed by atoms with van der Waals surface area (Å²) < 4.78 is 1.64. The molecule has 0 radical (unpaired) electrons. The van der Waals surface area contributed by atoms with Gasteiger partial charge < -0.3 is 15.7 Å². The van der Waals surface area contributed by atoms with E-state index in [1.165, 1.54) is 0 Å². The molecule has 2 rings (SSSR count). The highest BCUT2D eigenvalue weighted by atomic mass is 35.5. The van der Waals surface area contributed by atoms with Gasteiger partial charge in [0.25, 0.3) is 0 Å². The standard InChI is InChI=1S/C15H20N4O2.ClH/c1-16-14(12-8-18-19(2)10-12)15(21)17-9-13(20)11-6-4-3-5-7-11;/h3-8,10,13-14,16,20H,9H2,1-2H3,(H,17,21);1H. The van der Waals surface area contributed by atoms with Crippen LogP contribution in [0.25, 0.3) is 0 Å². The lowest BCUT2D eigenvalue weighted by Gasteiger charge is -2.17. The quantitative estimate of drug-likeness (QED) is 0.739. The number of carbonyl (C=O) groups excluding carboxylic acids is 1. The first-order chi connectivity index (χ1) is 10.1. The summed E-state index contributed by atoms with van der Waals surface area (Å²) >= 11 is 0. The summed E-state index contributed by atoms with van der Waals surface area (Å²) in [7, 11) is 3.51. The Morgan fingerprint density at radius 3 is 2.55 bits per heavy atom. The number of likely N-dealkylation sites (N-methyl/N-ethyl adjacent to an activating group) is 1. The fraction of sp³-hybridized carbons (Fsp3) is 0.333. The third-order valence-corrected chi connectivity index (χ3v) is 3.26. The van der Waals surface area contributed by atoms with Crippen LogP contribution in [0.1, 0.15) is 23.3 Å². The maximum absolute atomic E-state index is 12.2. The van der Waals surface area contributed by atoms with Crippen LogP contribution in [0.3, 0.4) is 0 Å². The van der Waals surface area contributed by atoms with Crippen molar-refractivity contribution in [3.8, 4) is 0 Å². The molecule has 0 saturated carbocycles. The molecule has 1 aromatic carbocycles. The van der Waals surface area contributed by atoms with Gasteiger partial charge in [0.05, 0.1) is 12.3 Å². The Labute approximate surface area is 135 Å². The van der Waals surface area contributed by atoms with Crippen molar-refractivity contribution in [2.45, 2.75) is 12.1 Å². The fourth-order valence-corrected chi connectivity index (χ4v) is 2.13. The number of halogens is 1. The first kappa shape index (κ1) is 18.2. The number of rotatable bonds is 6. The van der Waals surface area contributed by atoms with Crippen LogP contribution in [0.4, 0.5) is 0 Å². The summed E-state index contributed by atoms with van der Waals surface area (Å²) in [6, 6.07) is 8.76. The molecule has 0 fully saturated rings. The number of benzene rings is 1. The fourth-order valence-electron chi connectivity index (χ4n) is 2.13. The van der Waals surface area contributed by atoms with Gasteiger partial charge in [0, 0.05) is 25.4 Å². The molecular formula is C15H21ClN4O2. The Kier molecular flexibility index (Phi) is 7.04. The summed E-state index contributed by atoms with van der Waals surface area (Å²) in [5.41, 5.74) is 1.56. The highest BCUT2D eigenvalue weighted by Crippen LogP contribution is 2.13. The molecule has 1 amide bonds. The number of amides is 1. The zero-order valence-electron chi connectivity index (χ0n) is 12.6. The maximum atomic E-state index is 12.2. The van der Waals surface area contributed by atoms with Gasteiger partial charge >= 0.3 is 0 Å². The number of hydrogen-bond acceptors (Lipinski definition) is 4. The lowest BCUT2D eigenvalue weighted by atomic mass is 10.1. The summed E-state index contributed by atoms with van der Waals surface area (Å²) in [6.07, 6.45) is 2.71. The Balaban J connectivity index is 0.00000242. The van der Waals surface area contributed by atoms with Crippen molar-refractivity contribution in [2.24, 2.45) is 7.05 Å². The van der Waals surface area contributed by atoms with Gasteiger partial charge in [0.2, 0.25) is 5.91 Å². The summed E-state index contributed by atoms with van der Waals surface area (Å²) in [6.45, 7) is 0.168. The summed E-state index contributed by atoms with van der Waals surface area (Å²) in [5, 5.41) is 19.8. The molecule has 0 spiro atoms. The molecule has 2 atom stereocenters. The minimum atomic E-state index is -0.721. The van der Waals surface area contributed by atoms with Gasteiger partial charge in [-0.05, 0) is 12.6 Å². The van der Waals surface area contributed by atoms with E-state index in [0.717, 1.165) is 11.1 Å². The molecule has 7 heteroatoms. The van der Waals surface area contributed by atoms with Crippen LogP contribution in [0, 0.1) is 0 Å². The average molecular weight is 325 g/mol. The predicted octanol–water partition coefficient (Wildman–Crippen LogP) is 0.952. The molecule has 1 heterocycles. The molecule has 22 heavy (non-hydrogen) atoms. The molecular weight excluding hydrogens is 304 g/mol. The number of hydrogen-bond donors (Lipinski definition) is 3. The van der Waals surface area contributed by atoms with Gasteiger partial charge in [0.15, 0.2) is 0 Å². The first-order valence-corrected chi connectivity index (χ1v) is 6.78. The molecule has 0 aliphatic heterocycles. The molecule has 6 nitrogen and oxygen atoms in total. The highest BCUT2D eigenvalue weighted by Gasteiger charge is 2.20. The average Bonchev–Trinajstić information content (AvgIpc) is 2.92. The van der Waals surface area contributed by atoms with Crippen LogP contribution >= 0.6 is 12.4 Å². The van der Waals surface area contributed by atoms with Crippen molar-refractivity contribution in [1.29, 1.82) is 0 Å². The monoisotopic (exact) mass is 324 g/mol. The second-order valence-corrected chi connectivity index (χ2v) is 4.84. The van der Waals surface area contributed by atoms with E-state index in [-0.39, 0.29) is 24.9 Å². The molecule has 0 aliphatic rings. The van der Waals surface area contributed by atoms with Crippen LogP contribution < -0.4 is 10.6 Å². The molecule has 2 unspecified atom stereocenters. The Morgan fingerprint density at radius 2 is 2.00 bits per heavy atom. The smallest absolute Gasteiger partial charge is 0.241 e. The van der Waals surface area contributed by atoms with E-state index in [4.69, 9.17) is 0 Å². The summed E-state index contributed by atoms with van der Waals surface area (Å²) in [5.74, 6) is -0.194. The van der Waals surface area contributed by atoms with Crippen LogP contribution in [-0.4, -0.2) is 34.4 Å². The topological polar surface area (TPSA) is 79.2 Å². The number of aromatic nitrogens is 2. The van der Waals surface area contributed by atoms with E-state index in [1.807, 2.05) is 30.3 Å². The third-order valence-electron chi connectivity index (χ3n) is 3.26. The molecule has 2 aromatic rings. The lowest BCUT2D eigenvalue weighted by molar-refractivity contribution is -0.123. The van der Waals surface area contributed by atoms with Crippen LogP contribution in [0.15, 0.2) is 42.7 Å². The second-order valence-electron chi connectivity index (χ2n) is 4.84. The zero-order chi connectivity index (χ0) is 15.2. The lowest BCUT2D eigenvalue weighted by Crippen LogP contribution is -2.37. The largest absolute Gasteiger partial charge is 0.387 e. The number of aliphatic hydroxyl groups is 1. The van der Waals surface area contributed by atoms with Gasteiger partial charge in [-0.25, -0.2) is 0 Å². The summed E-state index contributed by atoms with van der Waals surface area (Å²) in [4.78, 5) is 12.2. The molecule has 0 bridgehead atoms. The number of nitrogens with zero attached hydrogens (tertiary/aromatic N) is 2. The molecule has 0 aliphatic carbocycles. The second kappa shape index (κ2) is 8.53. The van der Waals surface area contributed by atoms with Crippen LogP contribution in [0.2, 0.25) is 0 Å². The first-order valence-electron chi connectivity index (χ1n) is 6.78. The van der Waals surface area contributed by atoms with E-state index in [1.54, 1.807) is 31.2 Å². The van der Waals surface area contributed by atoms with Crippen molar-refractivity contribution in [3.63, 3.8) is 0 Å². The van der Waals surface area contributed by atoms with E-state index in [9.17, 15) is 9.90 Å². The normalized spacial score (nSPS) is 13.0. The molecule has 0 saturated heterocycles. The van der Waals surface area contributed by atoms with Gasteiger partial charge in [-0.3, -0.25) is 9.48 Å². The third kappa shape index (κ3) is 4.56. The number of aliphatic hydroxyl groups excluding tert-OH is 1. The van der Waals surface area contributed by atoms with Crippen molar-refractivity contribution >= 4 is 18.3 Å². The van der Waals surface area contributed by atoms with E-state index in [0.29, 0.717) is 0 Å². The molecule has 1 aromatic heterocycles. The Hall–Kier alpha value is -1.89. The Morgan fingerprint density at radius 1 is 1.32 bits per heavy atom. The van der Waals surface area contributed by atoms with Crippen molar-refractivity contribution in [3.05, 3.63) is 53.9 Å². The van der Waals surface area contributed by atoms with Crippen molar-refractivity contribution in [1.82, 2.24) is 20.4 Å². The van der Waals surface area contributed by atoms with Gasteiger partial charge in [-0.15, -0.1) is 12.4 Å². The number of carbonyl (C=O) groups is 1. The zero-order valence-corrected chi connectivity index (χ0v) is 13.4. The van der Waals surface area contributed by atoms with Gasteiger partial charge in [-0.1, -0.05) is 30.3 Å². The Bertz CT molecular complexity index is 588. The highest BCUT2D eigenvalue weighted by molar-refractivity contribution is 5.85.